The van der Waals surface area contributed by atoms with Gasteiger partial charge in [-0.2, -0.15) is 4.98 Å². The summed E-state index contributed by atoms with van der Waals surface area (Å²) in [4.78, 5) is 37.3. The molecule has 5 rings (SSSR count). The summed E-state index contributed by atoms with van der Waals surface area (Å²) in [5.41, 5.74) is 0.792. The Morgan fingerprint density at radius 2 is 2.03 bits per heavy atom. The first-order valence-corrected chi connectivity index (χ1v) is 12.6. The Hall–Kier alpha value is -4.35. The minimum absolute atomic E-state index is 0.0498. The molecule has 2 aliphatic rings. The van der Waals surface area contributed by atoms with Crippen LogP contribution in [0.3, 0.4) is 0 Å². The Morgan fingerprint density at radius 1 is 1.28 bits per heavy atom. The van der Waals surface area contributed by atoms with Crippen LogP contribution in [0.1, 0.15) is 56.1 Å². The van der Waals surface area contributed by atoms with Crippen molar-refractivity contribution in [3.63, 3.8) is 0 Å². The van der Waals surface area contributed by atoms with E-state index >= 15 is 0 Å². The summed E-state index contributed by atoms with van der Waals surface area (Å²) >= 11 is 0. The van der Waals surface area contributed by atoms with Gasteiger partial charge in [0.2, 0.25) is 11.9 Å². The van der Waals surface area contributed by atoms with Gasteiger partial charge in [0.15, 0.2) is 11.4 Å². The molecule has 12 heteroatoms. The number of amides is 1. The monoisotopic (exact) mass is 537 g/mol. The zero-order valence-corrected chi connectivity index (χ0v) is 21.9. The number of anilines is 2. The second-order valence-electron chi connectivity index (χ2n) is 9.75. The van der Waals surface area contributed by atoms with Crippen molar-refractivity contribution >= 4 is 35.4 Å². The average molecular weight is 538 g/mol. The average Bonchev–Trinajstić information content (AvgIpc) is 3.83. The van der Waals surface area contributed by atoms with E-state index < -0.39 is 12.0 Å². The number of pyridine rings is 2. The molecule has 2 fully saturated rings. The van der Waals surface area contributed by atoms with Crippen LogP contribution < -0.4 is 20.9 Å². The number of carbonyl (C=O) groups excluding carboxylic acids is 1. The molecule has 0 saturated heterocycles. The van der Waals surface area contributed by atoms with Crippen molar-refractivity contribution in [1.82, 2.24) is 24.4 Å². The van der Waals surface area contributed by atoms with Gasteiger partial charge in [0.25, 0.3) is 12.0 Å². The number of carbonyl (C=O) groups is 1. The first-order valence-electron chi connectivity index (χ1n) is 12.6. The Balaban J connectivity index is 1.48. The summed E-state index contributed by atoms with van der Waals surface area (Å²) in [6, 6.07) is 1.78. The van der Waals surface area contributed by atoms with Crippen LogP contribution in [-0.2, 0) is 18.9 Å². The minimum Gasteiger partial charge on any atom is -0.455 e. The van der Waals surface area contributed by atoms with Crippen LogP contribution in [0, 0.1) is 5.92 Å². The Bertz CT molecular complexity index is 1580. The Kier molecular flexibility index (Phi) is 7.02. The first kappa shape index (κ1) is 26.3. The summed E-state index contributed by atoms with van der Waals surface area (Å²) in [5.74, 6) is 0.512. The summed E-state index contributed by atoms with van der Waals surface area (Å²) in [6.45, 7) is 5.12. The minimum atomic E-state index is -2.92. The van der Waals surface area contributed by atoms with Crippen molar-refractivity contribution in [1.29, 1.82) is 0 Å². The van der Waals surface area contributed by atoms with Gasteiger partial charge in [-0.25, -0.2) is 18.8 Å². The van der Waals surface area contributed by atoms with Gasteiger partial charge >= 0.3 is 0 Å². The van der Waals surface area contributed by atoms with E-state index in [1.807, 2.05) is 6.20 Å². The van der Waals surface area contributed by atoms with E-state index in [2.05, 4.69) is 32.3 Å². The molecule has 2 aliphatic carbocycles. The molecule has 3 aromatic heterocycles. The van der Waals surface area contributed by atoms with Crippen LogP contribution in [0.4, 0.5) is 20.4 Å². The number of nitrogens with one attached hydrogen (secondary N) is 2. The fourth-order valence-electron chi connectivity index (χ4n) is 4.30. The predicted molar refractivity (Wildman–Crippen MR) is 143 cm³/mol. The zero-order valence-electron chi connectivity index (χ0n) is 21.9. The number of halogens is 2. The molecule has 0 aromatic carbocycles. The van der Waals surface area contributed by atoms with Crippen molar-refractivity contribution in [2.45, 2.75) is 45.0 Å². The molecule has 39 heavy (non-hydrogen) atoms. The third-order valence-corrected chi connectivity index (χ3v) is 6.78. The van der Waals surface area contributed by atoms with E-state index in [0.717, 1.165) is 31.2 Å². The lowest BCUT2D eigenvalue weighted by Crippen LogP contribution is -2.23. The predicted octanol–water partition coefficient (Wildman–Crippen LogP) is 4.58. The molecular weight excluding hydrogens is 508 g/mol. The Morgan fingerprint density at radius 3 is 2.64 bits per heavy atom. The van der Waals surface area contributed by atoms with Crippen LogP contribution in [0.25, 0.3) is 11.2 Å². The molecule has 2 N–H and O–H groups in total. The number of ether oxygens (including phenoxy) is 1. The molecular formula is C27H29F2N7O3. The third kappa shape index (κ3) is 5.45. The van der Waals surface area contributed by atoms with Crippen molar-refractivity contribution < 1.29 is 18.3 Å². The molecule has 0 bridgehead atoms. The van der Waals surface area contributed by atoms with Crippen LogP contribution in [0.15, 0.2) is 52.0 Å². The van der Waals surface area contributed by atoms with Gasteiger partial charge in [-0.1, -0.05) is 0 Å². The number of aromatic nitrogens is 4. The van der Waals surface area contributed by atoms with E-state index in [9.17, 15) is 18.4 Å². The third-order valence-electron chi connectivity index (χ3n) is 6.78. The molecule has 0 aliphatic heterocycles. The van der Waals surface area contributed by atoms with Crippen LogP contribution in [0.2, 0.25) is 0 Å². The molecule has 1 amide bonds. The maximum atomic E-state index is 14.4. The van der Waals surface area contributed by atoms with Gasteiger partial charge in [-0.05, 0) is 62.9 Å². The van der Waals surface area contributed by atoms with Gasteiger partial charge in [0, 0.05) is 32.3 Å². The van der Waals surface area contributed by atoms with Crippen molar-refractivity contribution in [3.05, 3.63) is 63.7 Å². The largest absolute Gasteiger partial charge is 0.455 e. The maximum Gasteiger partial charge on any atom is 0.274 e. The second kappa shape index (κ2) is 10.4. The van der Waals surface area contributed by atoms with Crippen LogP contribution in [-0.4, -0.2) is 31.7 Å². The molecule has 2 saturated carbocycles. The SMILES string of the molecule is C=N/C(=C\C(=C/C)Oc1cnc2nc(Nc3cc(C4CC4)cn(C)c3=O)n(C)c2c1C(F)F)NC(=O)C1CC1. The highest BCUT2D eigenvalue weighted by Crippen LogP contribution is 2.41. The maximum absolute atomic E-state index is 14.4. The smallest absolute Gasteiger partial charge is 0.274 e. The van der Waals surface area contributed by atoms with E-state index in [-0.39, 0.29) is 51.8 Å². The standard InChI is InChI=1S/C27H29F2N7O3/c1-5-17(11-20(30-2)33-25(37)15-8-9-15)39-19-12-31-24-22(21(19)23(28)29)36(4)27(34-24)32-18-10-16(14-6-7-14)13-35(3)26(18)38/h5,10-15,23H,2,6-9H2,1,3-4H3,(H,33,37)(H,31,32,34)/b17-5+,20-11+. The van der Waals surface area contributed by atoms with E-state index in [1.165, 1.54) is 21.4 Å². The molecule has 0 atom stereocenters. The van der Waals surface area contributed by atoms with Crippen molar-refractivity contribution in [2.24, 2.45) is 25.0 Å². The lowest BCUT2D eigenvalue weighted by molar-refractivity contribution is -0.121. The van der Waals surface area contributed by atoms with Gasteiger partial charge in [-0.15, -0.1) is 0 Å². The number of rotatable bonds is 10. The number of alkyl halides is 2. The second-order valence-corrected chi connectivity index (χ2v) is 9.75. The Labute approximate surface area is 223 Å². The number of hydrogen-bond acceptors (Lipinski definition) is 7. The van der Waals surface area contributed by atoms with Crippen LogP contribution >= 0.6 is 0 Å². The lowest BCUT2D eigenvalue weighted by Gasteiger charge is -2.14. The van der Waals surface area contributed by atoms with Crippen molar-refractivity contribution in [3.8, 4) is 5.75 Å². The zero-order chi connectivity index (χ0) is 27.8. The highest BCUT2D eigenvalue weighted by atomic mass is 19.3. The van der Waals surface area contributed by atoms with E-state index in [1.54, 1.807) is 33.2 Å². The van der Waals surface area contributed by atoms with E-state index in [0.29, 0.717) is 11.6 Å². The molecule has 0 unspecified atom stereocenters. The first-order chi connectivity index (χ1) is 18.7. The lowest BCUT2D eigenvalue weighted by atomic mass is 10.2. The van der Waals surface area contributed by atoms with E-state index in [4.69, 9.17) is 4.74 Å². The van der Waals surface area contributed by atoms with Crippen LogP contribution in [0.5, 0.6) is 5.75 Å². The molecule has 0 radical (unpaired) electrons. The van der Waals surface area contributed by atoms with Crippen molar-refractivity contribution in [2.75, 3.05) is 5.32 Å². The summed E-state index contributed by atoms with van der Waals surface area (Å²) in [6.07, 6.45) is 6.78. The number of aliphatic imine (C=N–C) groups is 1. The van der Waals surface area contributed by atoms with Gasteiger partial charge in [0.05, 0.1) is 11.8 Å². The fourth-order valence-corrected chi connectivity index (χ4v) is 4.30. The highest BCUT2D eigenvalue weighted by Gasteiger charge is 2.30. The molecule has 0 spiro atoms. The number of aryl methyl sites for hydroxylation is 2. The van der Waals surface area contributed by atoms with Gasteiger partial charge in [-0.3, -0.25) is 9.59 Å². The quantitative estimate of drug-likeness (QED) is 0.222. The molecule has 3 heterocycles. The molecule has 10 nitrogen and oxygen atoms in total. The number of imidazole rings is 1. The number of nitrogens with zero attached hydrogens (tertiary/aromatic N) is 5. The normalized spacial score (nSPS) is 16.1. The fraction of sp³-hybridized carbons (Fsp3) is 0.370. The number of hydrogen-bond donors (Lipinski definition) is 2. The van der Waals surface area contributed by atoms with Gasteiger partial charge in [0.1, 0.15) is 22.8 Å². The highest BCUT2D eigenvalue weighted by molar-refractivity contribution is 5.83. The topological polar surface area (TPSA) is 115 Å². The van der Waals surface area contributed by atoms with Gasteiger partial charge < -0.3 is 24.5 Å². The summed E-state index contributed by atoms with van der Waals surface area (Å²) in [5, 5.41) is 5.67. The summed E-state index contributed by atoms with van der Waals surface area (Å²) < 4.78 is 37.6. The number of allylic oxidation sites excluding steroid dienone is 2. The number of fused-ring (bicyclic) bond motifs is 1. The molecule has 204 valence electrons. The summed E-state index contributed by atoms with van der Waals surface area (Å²) in [7, 11) is 3.24. The molecule has 3 aromatic rings.